The van der Waals surface area contributed by atoms with E-state index in [1.54, 1.807) is 0 Å². The van der Waals surface area contributed by atoms with E-state index in [4.69, 9.17) is 29.3 Å². The van der Waals surface area contributed by atoms with Crippen LogP contribution in [0.25, 0.3) is 0 Å². The molecule has 24 heavy (non-hydrogen) atoms. The third kappa shape index (κ3) is 7.00. The van der Waals surface area contributed by atoms with Crippen LogP contribution in [-0.4, -0.2) is 78.9 Å². The Morgan fingerprint density at radius 2 is 1.79 bits per heavy atom. The van der Waals surface area contributed by atoms with Crippen molar-refractivity contribution in [2.24, 2.45) is 0 Å². The Balaban J connectivity index is 2.04. The van der Waals surface area contributed by atoms with Gasteiger partial charge >= 0.3 is 5.97 Å². The van der Waals surface area contributed by atoms with Gasteiger partial charge in [-0.25, -0.2) is 0 Å². The predicted octanol–water partition coefficient (Wildman–Crippen LogP) is 0.192. The number of esters is 1. The summed E-state index contributed by atoms with van der Waals surface area (Å²) in [6, 6.07) is 0. The van der Waals surface area contributed by atoms with Crippen molar-refractivity contribution in [2.45, 2.75) is 51.3 Å². The second kappa shape index (κ2) is 10.3. The number of hydrogen-bond acceptors (Lipinski definition) is 7. The van der Waals surface area contributed by atoms with Crippen molar-refractivity contribution in [1.29, 1.82) is 0 Å². The van der Waals surface area contributed by atoms with E-state index in [1.807, 2.05) is 20.8 Å². The minimum Gasteiger partial charge on any atom is -0.463 e. The molecule has 0 saturated carbocycles. The largest absolute Gasteiger partial charge is 0.463 e. The third-order valence-corrected chi connectivity index (χ3v) is 3.93. The zero-order valence-electron chi connectivity index (χ0n) is 15.0. The average Bonchev–Trinajstić information content (AvgIpc) is 2.74. The molecule has 0 radical (unpaired) electrons. The first-order valence-electron chi connectivity index (χ1n) is 8.39. The van der Waals surface area contributed by atoms with Gasteiger partial charge in [0.15, 0.2) is 5.72 Å². The zero-order chi connectivity index (χ0) is 18.1. The molecule has 1 rings (SSSR count). The number of aliphatic hydroxyl groups is 1. The summed E-state index contributed by atoms with van der Waals surface area (Å²) < 4.78 is 21.1. The van der Waals surface area contributed by atoms with Crippen LogP contribution < -0.4 is 0 Å². The quantitative estimate of drug-likeness (QED) is 0.305. The van der Waals surface area contributed by atoms with Gasteiger partial charge in [0.05, 0.1) is 39.6 Å². The molecule has 1 heterocycles. The van der Waals surface area contributed by atoms with Gasteiger partial charge in [0, 0.05) is 6.42 Å². The average molecular weight is 350 g/mol. The third-order valence-electron chi connectivity index (χ3n) is 3.93. The summed E-state index contributed by atoms with van der Waals surface area (Å²) in [7, 11) is 0. The molecule has 1 aliphatic heterocycles. The van der Waals surface area contributed by atoms with Gasteiger partial charge in [-0.2, -0.15) is 0 Å². The van der Waals surface area contributed by atoms with E-state index < -0.39 is 5.72 Å². The van der Waals surface area contributed by atoms with Crippen molar-refractivity contribution >= 4 is 5.97 Å². The van der Waals surface area contributed by atoms with Gasteiger partial charge in [0.1, 0.15) is 12.1 Å². The van der Waals surface area contributed by atoms with Gasteiger partial charge in [-0.05, 0) is 38.7 Å². The Kier molecular flexibility index (Phi) is 9.11. The fourth-order valence-corrected chi connectivity index (χ4v) is 2.52. The van der Waals surface area contributed by atoms with Gasteiger partial charge in [-0.15, -0.1) is 0 Å². The van der Waals surface area contributed by atoms with Crippen molar-refractivity contribution in [3.8, 4) is 0 Å². The molecule has 1 fully saturated rings. The summed E-state index contributed by atoms with van der Waals surface area (Å²) in [6.45, 7) is 7.97. The molecule has 0 aromatic heterocycles. The maximum absolute atomic E-state index is 11.7. The molecule has 8 heteroatoms. The van der Waals surface area contributed by atoms with Crippen molar-refractivity contribution in [2.75, 3.05) is 46.2 Å². The van der Waals surface area contributed by atoms with E-state index >= 15 is 0 Å². The maximum atomic E-state index is 11.7. The Morgan fingerprint density at radius 3 is 2.38 bits per heavy atom. The van der Waals surface area contributed by atoms with E-state index in [-0.39, 0.29) is 24.7 Å². The van der Waals surface area contributed by atoms with Crippen LogP contribution in [0.5, 0.6) is 0 Å². The van der Waals surface area contributed by atoms with Gasteiger partial charge in [0.25, 0.3) is 0 Å². The van der Waals surface area contributed by atoms with E-state index in [0.717, 1.165) is 0 Å². The number of ether oxygens (including phenoxy) is 4. The lowest BCUT2D eigenvalue weighted by molar-refractivity contribution is -0.244. The fraction of sp³-hybridized carbons (Fsp3) is 0.938. The number of hydrogen-bond donors (Lipinski definition) is 1. The summed E-state index contributed by atoms with van der Waals surface area (Å²) >= 11 is 0. The molecule has 1 aliphatic rings. The van der Waals surface area contributed by atoms with Crippen LogP contribution in [0.3, 0.4) is 0 Å². The second-order valence-corrected chi connectivity index (χ2v) is 6.63. The standard InChI is InChI=1S/C16H31NO7/c1-15(2)13-24-16(3,17(15)20)6-4-5-14(19)23-12-11-22-10-9-21-8-7-18/h18,20H,4-13H2,1-3H3/p+1. The molecule has 1 unspecified atom stereocenters. The topological polar surface area (TPSA) is 100 Å². The van der Waals surface area contributed by atoms with Gasteiger partial charge in [0.2, 0.25) is 0 Å². The van der Waals surface area contributed by atoms with Crippen LogP contribution in [0.4, 0.5) is 0 Å². The van der Waals surface area contributed by atoms with Crippen LogP contribution in [0, 0.1) is 0 Å². The second-order valence-electron chi connectivity index (χ2n) is 6.63. The Morgan fingerprint density at radius 1 is 1.17 bits per heavy atom. The number of rotatable bonds is 12. The molecular formula is C16H32NO7+. The van der Waals surface area contributed by atoms with E-state index in [2.05, 4.69) is 0 Å². The first-order valence-corrected chi connectivity index (χ1v) is 8.39. The van der Waals surface area contributed by atoms with E-state index in [1.165, 1.54) is 5.06 Å². The highest BCUT2D eigenvalue weighted by atomic mass is 16.6. The van der Waals surface area contributed by atoms with Crippen LogP contribution in [0.15, 0.2) is 0 Å². The molecule has 142 valence electrons. The predicted molar refractivity (Wildman–Crippen MR) is 87.4 cm³/mol. The molecule has 3 N–H and O–H groups in total. The zero-order valence-corrected chi connectivity index (χ0v) is 15.0. The molecule has 8 nitrogen and oxygen atoms in total. The highest BCUT2D eigenvalue weighted by molar-refractivity contribution is 5.69. The molecular weight excluding hydrogens is 318 g/mol. The number of carbonyl (C=O) groups excluding carboxylic acids is 1. The molecule has 1 saturated heterocycles. The lowest BCUT2D eigenvalue weighted by atomic mass is 10.0. The van der Waals surface area contributed by atoms with Crippen LogP contribution in [0.1, 0.15) is 40.0 Å². The normalized spacial score (nSPS) is 23.5. The van der Waals surface area contributed by atoms with Gasteiger partial charge in [-0.3, -0.25) is 4.79 Å². The fourth-order valence-electron chi connectivity index (χ4n) is 2.52. The lowest BCUT2D eigenvalue weighted by Gasteiger charge is -2.29. The number of nitrogens with zero attached hydrogens (tertiary/aromatic N) is 1. The van der Waals surface area contributed by atoms with Crippen molar-refractivity contribution in [3.63, 3.8) is 0 Å². The first kappa shape index (κ1) is 21.3. The number of carbonyl (C=O) groups is 1. The van der Waals surface area contributed by atoms with Crippen LogP contribution >= 0.6 is 0 Å². The first-order chi connectivity index (χ1) is 11.3. The van der Waals surface area contributed by atoms with Crippen molar-refractivity contribution in [1.82, 2.24) is 5.06 Å². The molecule has 1 atom stereocenters. The molecule has 0 spiro atoms. The smallest absolute Gasteiger partial charge is 0.305 e. The maximum Gasteiger partial charge on any atom is 0.305 e. The Labute approximate surface area is 143 Å². The highest BCUT2D eigenvalue weighted by Gasteiger charge is 2.52. The van der Waals surface area contributed by atoms with Crippen LogP contribution in [-0.2, 0) is 23.7 Å². The van der Waals surface area contributed by atoms with Gasteiger partial charge in [-0.1, -0.05) is 0 Å². The van der Waals surface area contributed by atoms with E-state index in [0.29, 0.717) is 52.3 Å². The Hall–Kier alpha value is -0.770. The van der Waals surface area contributed by atoms with Crippen LogP contribution in [0.2, 0.25) is 0 Å². The minimum atomic E-state index is -0.651. The summed E-state index contributed by atoms with van der Waals surface area (Å²) in [5.74, 6) is -0.271. The minimum absolute atomic E-state index is 0.00280. The monoisotopic (exact) mass is 350 g/mol. The number of hydroxylamine groups is 2. The van der Waals surface area contributed by atoms with E-state index in [9.17, 15) is 4.79 Å². The molecule has 0 aromatic rings. The summed E-state index contributed by atoms with van der Waals surface area (Å²) in [5.41, 5.74) is -0.963. The van der Waals surface area contributed by atoms with Crippen molar-refractivity contribution in [3.05, 3.63) is 0 Å². The van der Waals surface area contributed by atoms with Crippen molar-refractivity contribution < 1.29 is 34.1 Å². The summed E-state index contributed by atoms with van der Waals surface area (Å²) in [6.07, 6.45) is 1.51. The Bertz CT molecular complexity index is 377. The molecule has 0 aliphatic carbocycles. The lowest BCUT2D eigenvalue weighted by Crippen LogP contribution is -2.48. The molecule has 0 bridgehead atoms. The molecule has 0 aromatic carbocycles. The SMILES string of the molecule is CC1(C)COC(C)(CCCC(=O)OCCOCCOCCO)N1[OH2+]. The van der Waals surface area contributed by atoms with Gasteiger partial charge < -0.3 is 29.3 Å². The number of aliphatic hydroxyl groups excluding tert-OH is 1. The summed E-state index contributed by atoms with van der Waals surface area (Å²) in [5, 5.41) is 18.1. The molecule has 0 amide bonds. The summed E-state index contributed by atoms with van der Waals surface area (Å²) in [4.78, 5) is 11.7. The highest BCUT2D eigenvalue weighted by Crippen LogP contribution is 2.36.